The second-order valence-corrected chi connectivity index (χ2v) is 12.4. The number of carboxylic acid groups (broad SMARTS) is 1. The third-order valence-corrected chi connectivity index (χ3v) is 10.7. The molecule has 3 aromatic carbocycles. The molecule has 2 aliphatic rings. The molecular formula is C28H21F8NO4S. The predicted octanol–water partition coefficient (Wildman–Crippen LogP) is 6.71. The molecule has 0 saturated carbocycles. The molecule has 0 radical (unpaired) electrons. The van der Waals surface area contributed by atoms with Crippen molar-refractivity contribution in [1.82, 2.24) is 0 Å². The normalized spacial score (nSPS) is 21.1. The molecule has 1 N–H and O–H groups in total. The molecule has 5 rings (SSSR count). The Labute approximate surface area is 234 Å². The van der Waals surface area contributed by atoms with E-state index in [1.54, 1.807) is 4.90 Å². The monoisotopic (exact) mass is 619 g/mol. The maximum Gasteiger partial charge on any atom is 0.435 e. The Hall–Kier alpha value is -3.68. The van der Waals surface area contributed by atoms with Crippen molar-refractivity contribution in [2.75, 3.05) is 11.4 Å². The van der Waals surface area contributed by atoms with E-state index in [1.165, 1.54) is 24.3 Å². The van der Waals surface area contributed by atoms with E-state index in [2.05, 4.69) is 0 Å². The summed E-state index contributed by atoms with van der Waals surface area (Å²) >= 11 is 0. The smallest absolute Gasteiger partial charge is 0.435 e. The number of halogens is 8. The molecule has 1 heterocycles. The summed E-state index contributed by atoms with van der Waals surface area (Å²) in [7, 11) is -4.50. The maximum atomic E-state index is 14.9. The highest BCUT2D eigenvalue weighted by Gasteiger charge is 2.73. The van der Waals surface area contributed by atoms with Crippen molar-refractivity contribution in [2.45, 2.75) is 53.0 Å². The van der Waals surface area contributed by atoms with Crippen molar-refractivity contribution in [3.8, 4) is 0 Å². The minimum atomic E-state index is -6.35. The molecule has 1 fully saturated rings. The van der Waals surface area contributed by atoms with E-state index in [-0.39, 0.29) is 47.4 Å². The van der Waals surface area contributed by atoms with E-state index in [0.717, 1.165) is 30.3 Å². The standard InChI is InChI=1S/C28H21F8NO4S/c29-19-5-9-21(10-6-19)42(40,41)25-13-14-37(20-7-1-16(2-8-20)24(38)39)23(25)12-3-17-15-18(4-11-22(17)25)26(30,27(31,32)33)28(34,35)36/h1-2,4-11,15,23H,3,12-14H2,(H,38,39)/t23-,25-/m1/s1. The van der Waals surface area contributed by atoms with Crippen LogP contribution < -0.4 is 4.90 Å². The number of benzene rings is 3. The van der Waals surface area contributed by atoms with Crippen LogP contribution in [0, 0.1) is 5.82 Å². The summed E-state index contributed by atoms with van der Waals surface area (Å²) in [4.78, 5) is 12.7. The molecule has 0 unspecified atom stereocenters. The Kier molecular flexibility index (Phi) is 6.87. The van der Waals surface area contributed by atoms with Gasteiger partial charge in [0.05, 0.1) is 16.5 Å². The lowest BCUT2D eigenvalue weighted by atomic mass is 9.76. The van der Waals surface area contributed by atoms with E-state index in [4.69, 9.17) is 0 Å². The van der Waals surface area contributed by atoms with Crippen molar-refractivity contribution >= 4 is 21.5 Å². The van der Waals surface area contributed by atoms with Crippen molar-refractivity contribution in [3.05, 3.63) is 94.8 Å². The van der Waals surface area contributed by atoms with Gasteiger partial charge in [-0.1, -0.05) is 18.2 Å². The fraction of sp³-hybridized carbons (Fsp3) is 0.321. The Morgan fingerprint density at radius 3 is 2.02 bits per heavy atom. The fourth-order valence-corrected chi connectivity index (χ4v) is 8.53. The maximum absolute atomic E-state index is 14.9. The van der Waals surface area contributed by atoms with Crippen LogP contribution in [0.1, 0.15) is 39.9 Å². The molecule has 42 heavy (non-hydrogen) atoms. The van der Waals surface area contributed by atoms with E-state index >= 15 is 0 Å². The topological polar surface area (TPSA) is 74.7 Å². The molecular weight excluding hydrogens is 598 g/mol. The molecule has 2 atom stereocenters. The van der Waals surface area contributed by atoms with Crippen LogP contribution in [0.4, 0.5) is 40.8 Å². The van der Waals surface area contributed by atoms with Gasteiger partial charge >= 0.3 is 24.0 Å². The highest BCUT2D eigenvalue weighted by molar-refractivity contribution is 7.92. The molecule has 3 aromatic rings. The fourth-order valence-electron chi connectivity index (χ4n) is 6.16. The average molecular weight is 620 g/mol. The Morgan fingerprint density at radius 2 is 1.48 bits per heavy atom. The number of carbonyl (C=O) groups is 1. The highest BCUT2D eigenvalue weighted by atomic mass is 32.2. The van der Waals surface area contributed by atoms with Crippen LogP contribution in [0.3, 0.4) is 0 Å². The zero-order valence-electron chi connectivity index (χ0n) is 21.3. The summed E-state index contributed by atoms with van der Waals surface area (Å²) in [5, 5.41) is 9.22. The van der Waals surface area contributed by atoms with Gasteiger partial charge in [-0.3, -0.25) is 0 Å². The van der Waals surface area contributed by atoms with Crippen LogP contribution in [-0.4, -0.2) is 44.4 Å². The number of sulfone groups is 1. The van der Waals surface area contributed by atoms with Gasteiger partial charge < -0.3 is 10.0 Å². The van der Waals surface area contributed by atoms with Crippen LogP contribution in [0.25, 0.3) is 0 Å². The van der Waals surface area contributed by atoms with Crippen molar-refractivity contribution < 1.29 is 53.4 Å². The Morgan fingerprint density at radius 1 is 0.881 bits per heavy atom. The van der Waals surface area contributed by atoms with Gasteiger partial charge in [-0.2, -0.15) is 26.3 Å². The Bertz CT molecular complexity index is 1620. The van der Waals surface area contributed by atoms with Gasteiger partial charge in [0.1, 0.15) is 10.6 Å². The zero-order chi connectivity index (χ0) is 30.9. The summed E-state index contributed by atoms with van der Waals surface area (Å²) in [6.45, 7) is 0.0663. The number of anilines is 1. The van der Waals surface area contributed by atoms with Gasteiger partial charge in [-0.25, -0.2) is 22.0 Å². The van der Waals surface area contributed by atoms with Gasteiger partial charge in [0.25, 0.3) is 0 Å². The summed E-state index contributed by atoms with van der Waals surface area (Å²) in [6.07, 6.45) is -13.1. The number of carboxylic acids is 1. The van der Waals surface area contributed by atoms with Gasteiger partial charge in [-0.05, 0) is 78.9 Å². The predicted molar refractivity (Wildman–Crippen MR) is 134 cm³/mol. The number of hydrogen-bond donors (Lipinski definition) is 1. The number of rotatable bonds is 5. The number of fused-ring (bicyclic) bond motifs is 3. The number of alkyl halides is 7. The number of aryl methyl sites for hydroxylation is 1. The van der Waals surface area contributed by atoms with E-state index in [0.29, 0.717) is 17.8 Å². The molecule has 1 saturated heterocycles. The third kappa shape index (κ3) is 4.24. The molecule has 0 amide bonds. The van der Waals surface area contributed by atoms with E-state index in [1.807, 2.05) is 0 Å². The summed E-state index contributed by atoms with van der Waals surface area (Å²) in [6, 6.07) is 10.1. The number of hydrogen-bond acceptors (Lipinski definition) is 4. The quantitative estimate of drug-likeness (QED) is 0.254. The molecule has 0 aromatic heterocycles. The van der Waals surface area contributed by atoms with Crippen molar-refractivity contribution in [1.29, 1.82) is 0 Å². The Balaban J connectivity index is 1.71. The lowest BCUT2D eigenvalue weighted by molar-refractivity contribution is -0.348. The largest absolute Gasteiger partial charge is 0.478 e. The van der Waals surface area contributed by atoms with Crippen LogP contribution in [0.15, 0.2) is 71.6 Å². The lowest BCUT2D eigenvalue weighted by Gasteiger charge is -2.43. The first-order valence-corrected chi connectivity index (χ1v) is 14.0. The summed E-state index contributed by atoms with van der Waals surface area (Å²) < 4.78 is 136. The average Bonchev–Trinajstić information content (AvgIpc) is 3.33. The summed E-state index contributed by atoms with van der Waals surface area (Å²) in [5.74, 6) is -1.93. The second-order valence-electron chi connectivity index (χ2n) is 10.2. The van der Waals surface area contributed by atoms with Crippen LogP contribution in [0.2, 0.25) is 0 Å². The lowest BCUT2D eigenvalue weighted by Crippen LogP contribution is -2.52. The summed E-state index contributed by atoms with van der Waals surface area (Å²) in [5.41, 5.74) is -7.26. The van der Waals surface area contributed by atoms with Gasteiger partial charge in [-0.15, -0.1) is 0 Å². The first kappa shape index (κ1) is 29.8. The van der Waals surface area contributed by atoms with Crippen molar-refractivity contribution in [2.24, 2.45) is 0 Å². The molecule has 1 aliphatic heterocycles. The number of nitrogens with zero attached hydrogens (tertiary/aromatic N) is 1. The van der Waals surface area contributed by atoms with Gasteiger partial charge in [0.15, 0.2) is 9.84 Å². The van der Waals surface area contributed by atoms with Crippen LogP contribution in [-0.2, 0) is 26.7 Å². The number of aromatic carboxylic acids is 1. The van der Waals surface area contributed by atoms with Gasteiger partial charge in [0.2, 0.25) is 0 Å². The van der Waals surface area contributed by atoms with Crippen molar-refractivity contribution in [3.63, 3.8) is 0 Å². The van der Waals surface area contributed by atoms with E-state index in [9.17, 15) is 53.4 Å². The molecule has 5 nitrogen and oxygen atoms in total. The SMILES string of the molecule is O=C(O)c1ccc(N2CC[C@@]3(S(=O)(=O)c4ccc(F)cc4)c4ccc(C(F)(C(F)(F)F)C(F)(F)F)cc4CC[C@@H]23)cc1. The van der Waals surface area contributed by atoms with Gasteiger partial charge in [0, 0.05) is 17.8 Å². The first-order valence-electron chi connectivity index (χ1n) is 12.5. The molecule has 0 spiro atoms. The highest BCUT2D eigenvalue weighted by Crippen LogP contribution is 2.57. The second kappa shape index (κ2) is 9.68. The molecule has 0 bridgehead atoms. The zero-order valence-corrected chi connectivity index (χ0v) is 22.1. The molecule has 224 valence electrons. The molecule has 14 heteroatoms. The minimum absolute atomic E-state index is 0.0336. The first-order chi connectivity index (χ1) is 19.4. The minimum Gasteiger partial charge on any atom is -0.478 e. The van der Waals surface area contributed by atoms with Crippen LogP contribution >= 0.6 is 0 Å². The molecule has 1 aliphatic carbocycles. The van der Waals surface area contributed by atoms with Crippen LogP contribution in [0.5, 0.6) is 0 Å². The van der Waals surface area contributed by atoms with E-state index < -0.39 is 56.0 Å². The third-order valence-electron chi connectivity index (χ3n) is 8.12.